The molecule has 0 spiro atoms. The van der Waals surface area contributed by atoms with E-state index in [-0.39, 0.29) is 24.0 Å². The minimum atomic E-state index is 0. The molecule has 3 N–H and O–H groups in total. The first-order valence-electron chi connectivity index (χ1n) is 8.53. The van der Waals surface area contributed by atoms with Crippen LogP contribution in [0.25, 0.3) is 11.4 Å². The Hall–Kier alpha value is -2.04. The molecule has 0 unspecified atom stereocenters. The van der Waals surface area contributed by atoms with E-state index >= 15 is 0 Å². The zero-order chi connectivity index (χ0) is 19.9. The van der Waals surface area contributed by atoms with Crippen LogP contribution in [0.3, 0.4) is 0 Å². The highest BCUT2D eigenvalue weighted by Crippen LogP contribution is 2.21. The lowest BCUT2D eigenvalue weighted by molar-refractivity contribution is 0.415. The van der Waals surface area contributed by atoms with Gasteiger partial charge in [0.2, 0.25) is 0 Å². The van der Waals surface area contributed by atoms with E-state index in [0.29, 0.717) is 40.7 Å². The number of hydrogen-bond donors (Lipinski definition) is 3. The average Bonchev–Trinajstić information content (AvgIpc) is 3.18. The molecule has 10 heteroatoms. The van der Waals surface area contributed by atoms with Crippen molar-refractivity contribution in [1.82, 2.24) is 25.8 Å². The Morgan fingerprint density at radius 3 is 2.48 bits per heavy atom. The molecule has 7 nitrogen and oxygen atoms in total. The number of aromatic nitrogens is 3. The van der Waals surface area contributed by atoms with Crippen molar-refractivity contribution >= 4 is 53.1 Å². The van der Waals surface area contributed by atoms with E-state index in [4.69, 9.17) is 27.9 Å². The first kappa shape index (κ1) is 23.2. The summed E-state index contributed by atoms with van der Waals surface area (Å²) in [5.74, 6) is 2.72. The molecule has 2 aromatic carbocycles. The van der Waals surface area contributed by atoms with E-state index in [1.807, 2.05) is 30.3 Å². The molecular formula is C19H21Cl2IN6O. The zero-order valence-electron chi connectivity index (χ0n) is 15.9. The Balaban J connectivity index is 0.00000300. The predicted octanol–water partition coefficient (Wildman–Crippen LogP) is 4.27. The number of nitrogens with one attached hydrogen (secondary N) is 3. The van der Waals surface area contributed by atoms with E-state index in [0.717, 1.165) is 16.9 Å². The summed E-state index contributed by atoms with van der Waals surface area (Å²) in [6.45, 7) is 0.959. The quantitative estimate of drug-likeness (QED) is 0.244. The van der Waals surface area contributed by atoms with Crippen molar-refractivity contribution in [3.63, 3.8) is 0 Å². The van der Waals surface area contributed by atoms with Crippen LogP contribution in [0.2, 0.25) is 10.0 Å². The summed E-state index contributed by atoms with van der Waals surface area (Å²) in [6.07, 6.45) is 0. The van der Waals surface area contributed by atoms with Crippen molar-refractivity contribution in [2.45, 2.75) is 13.1 Å². The smallest absolute Gasteiger partial charge is 0.191 e. The van der Waals surface area contributed by atoms with Crippen molar-refractivity contribution < 1.29 is 4.74 Å². The number of aromatic amines is 1. The summed E-state index contributed by atoms with van der Waals surface area (Å²) in [4.78, 5) is 8.69. The standard InChI is InChI=1S/C19H20Cl2N6O.HI/c1-22-19(23-10-13-3-6-14(20)9-16(13)21)24-11-17-25-18(27-26-17)12-4-7-15(28-2)8-5-12;/h3-9H,10-11H2,1-2H3,(H2,22,23,24)(H,25,26,27);1H. The molecule has 1 aromatic heterocycles. The number of ether oxygens (including phenoxy) is 1. The lowest BCUT2D eigenvalue weighted by Crippen LogP contribution is -2.36. The molecule has 0 radical (unpaired) electrons. The Bertz CT molecular complexity index is 962. The van der Waals surface area contributed by atoms with E-state index in [1.54, 1.807) is 26.3 Å². The highest BCUT2D eigenvalue weighted by molar-refractivity contribution is 14.0. The molecule has 0 saturated heterocycles. The van der Waals surface area contributed by atoms with Gasteiger partial charge in [-0.3, -0.25) is 10.1 Å². The monoisotopic (exact) mass is 546 g/mol. The number of rotatable bonds is 6. The summed E-state index contributed by atoms with van der Waals surface area (Å²) in [7, 11) is 3.33. The molecule has 0 bridgehead atoms. The average molecular weight is 547 g/mol. The maximum atomic E-state index is 6.19. The number of H-pyrrole nitrogens is 1. The van der Waals surface area contributed by atoms with Crippen LogP contribution in [-0.4, -0.2) is 35.3 Å². The topological polar surface area (TPSA) is 87.2 Å². The van der Waals surface area contributed by atoms with Crippen LogP contribution >= 0.6 is 47.2 Å². The fraction of sp³-hybridized carbons (Fsp3) is 0.211. The van der Waals surface area contributed by atoms with Gasteiger partial charge < -0.3 is 15.4 Å². The Kier molecular flexibility index (Phi) is 8.99. The van der Waals surface area contributed by atoms with Crippen LogP contribution in [0.1, 0.15) is 11.4 Å². The van der Waals surface area contributed by atoms with Crippen molar-refractivity contribution in [2.75, 3.05) is 14.2 Å². The number of nitrogens with zero attached hydrogens (tertiary/aromatic N) is 3. The third-order valence-electron chi connectivity index (χ3n) is 3.99. The summed E-state index contributed by atoms with van der Waals surface area (Å²) >= 11 is 12.1. The Morgan fingerprint density at radius 1 is 1.10 bits per heavy atom. The van der Waals surface area contributed by atoms with Crippen molar-refractivity contribution in [1.29, 1.82) is 0 Å². The molecule has 3 rings (SSSR count). The van der Waals surface area contributed by atoms with Gasteiger partial charge >= 0.3 is 0 Å². The van der Waals surface area contributed by atoms with Crippen molar-refractivity contribution in [2.24, 2.45) is 4.99 Å². The lowest BCUT2D eigenvalue weighted by Gasteiger charge is -2.11. The number of hydrogen-bond acceptors (Lipinski definition) is 4. The predicted molar refractivity (Wildman–Crippen MR) is 127 cm³/mol. The van der Waals surface area contributed by atoms with E-state index < -0.39 is 0 Å². The maximum Gasteiger partial charge on any atom is 0.191 e. The van der Waals surface area contributed by atoms with Crippen LogP contribution in [0, 0.1) is 0 Å². The summed E-state index contributed by atoms with van der Waals surface area (Å²) in [5, 5.41) is 14.8. The largest absolute Gasteiger partial charge is 0.497 e. The van der Waals surface area contributed by atoms with Crippen LogP contribution in [0.5, 0.6) is 5.75 Å². The Labute approximate surface area is 196 Å². The second kappa shape index (κ2) is 11.2. The molecule has 1 heterocycles. The van der Waals surface area contributed by atoms with Gasteiger partial charge in [0.05, 0.1) is 13.7 Å². The van der Waals surface area contributed by atoms with E-state index in [9.17, 15) is 0 Å². The zero-order valence-corrected chi connectivity index (χ0v) is 19.7. The molecule has 0 saturated carbocycles. The van der Waals surface area contributed by atoms with Crippen LogP contribution in [0.4, 0.5) is 0 Å². The van der Waals surface area contributed by atoms with Gasteiger partial charge in [-0.25, -0.2) is 4.98 Å². The number of aliphatic imine (C=N–C) groups is 1. The summed E-state index contributed by atoms with van der Waals surface area (Å²) < 4.78 is 5.16. The summed E-state index contributed by atoms with van der Waals surface area (Å²) in [6, 6.07) is 13.0. The first-order valence-corrected chi connectivity index (χ1v) is 9.29. The van der Waals surface area contributed by atoms with Gasteiger partial charge in [0.15, 0.2) is 11.8 Å². The second-order valence-corrected chi connectivity index (χ2v) is 6.69. The minimum Gasteiger partial charge on any atom is -0.497 e. The van der Waals surface area contributed by atoms with Gasteiger partial charge in [-0.1, -0.05) is 29.3 Å². The van der Waals surface area contributed by atoms with Gasteiger partial charge in [0, 0.05) is 29.2 Å². The van der Waals surface area contributed by atoms with Crippen LogP contribution in [-0.2, 0) is 13.1 Å². The molecule has 0 fully saturated rings. The second-order valence-electron chi connectivity index (χ2n) is 5.85. The molecule has 3 aromatic rings. The van der Waals surface area contributed by atoms with Gasteiger partial charge in [0.25, 0.3) is 0 Å². The van der Waals surface area contributed by atoms with Crippen molar-refractivity contribution in [3.05, 3.63) is 63.9 Å². The fourth-order valence-electron chi connectivity index (χ4n) is 2.48. The number of methoxy groups -OCH3 is 1. The molecule has 0 aliphatic carbocycles. The van der Waals surface area contributed by atoms with Gasteiger partial charge in [-0.05, 0) is 42.0 Å². The number of benzene rings is 2. The third-order valence-corrected chi connectivity index (χ3v) is 4.58. The van der Waals surface area contributed by atoms with Gasteiger partial charge in [0.1, 0.15) is 11.6 Å². The fourth-order valence-corrected chi connectivity index (χ4v) is 2.95. The number of guanidine groups is 1. The van der Waals surface area contributed by atoms with Crippen LogP contribution < -0.4 is 15.4 Å². The highest BCUT2D eigenvalue weighted by atomic mass is 127. The molecule has 0 atom stereocenters. The van der Waals surface area contributed by atoms with E-state index in [1.165, 1.54) is 0 Å². The normalized spacial score (nSPS) is 11.0. The summed E-state index contributed by atoms with van der Waals surface area (Å²) in [5.41, 5.74) is 1.83. The molecular weight excluding hydrogens is 526 g/mol. The molecule has 0 aliphatic heterocycles. The maximum absolute atomic E-state index is 6.19. The highest BCUT2D eigenvalue weighted by Gasteiger charge is 2.08. The van der Waals surface area contributed by atoms with Crippen LogP contribution in [0.15, 0.2) is 47.5 Å². The third kappa shape index (κ3) is 6.48. The first-order chi connectivity index (χ1) is 13.6. The van der Waals surface area contributed by atoms with E-state index in [2.05, 4.69) is 30.8 Å². The molecule has 154 valence electrons. The SMILES string of the molecule is CN=C(NCc1nc(-c2ccc(OC)cc2)n[nH]1)NCc1ccc(Cl)cc1Cl.I. The van der Waals surface area contributed by atoms with Gasteiger partial charge in [-0.2, -0.15) is 5.10 Å². The lowest BCUT2D eigenvalue weighted by atomic mass is 10.2. The molecule has 0 amide bonds. The molecule has 0 aliphatic rings. The van der Waals surface area contributed by atoms with Gasteiger partial charge in [-0.15, -0.1) is 24.0 Å². The Morgan fingerprint density at radius 2 is 1.83 bits per heavy atom. The molecule has 29 heavy (non-hydrogen) atoms. The van der Waals surface area contributed by atoms with Crippen molar-refractivity contribution in [3.8, 4) is 17.1 Å². The minimum absolute atomic E-state index is 0. The number of halogens is 3.